The molecule has 0 bridgehead atoms. The van der Waals surface area contributed by atoms with Gasteiger partial charge in [-0.05, 0) is 32.3 Å². The average Bonchev–Trinajstić information content (AvgIpc) is 3.33. The highest BCUT2D eigenvalue weighted by molar-refractivity contribution is 14.0. The molecule has 166 valence electrons. The van der Waals surface area contributed by atoms with Gasteiger partial charge in [0.25, 0.3) is 0 Å². The van der Waals surface area contributed by atoms with Gasteiger partial charge in [0.15, 0.2) is 5.96 Å². The molecule has 30 heavy (non-hydrogen) atoms. The molecule has 0 unspecified atom stereocenters. The van der Waals surface area contributed by atoms with Crippen LogP contribution in [0.25, 0.3) is 0 Å². The van der Waals surface area contributed by atoms with E-state index in [0.717, 1.165) is 24.7 Å². The van der Waals surface area contributed by atoms with Gasteiger partial charge in [-0.3, -0.25) is 9.67 Å². The van der Waals surface area contributed by atoms with E-state index in [0.29, 0.717) is 13.2 Å². The highest BCUT2D eigenvalue weighted by Crippen LogP contribution is 2.40. The third kappa shape index (κ3) is 5.75. The zero-order valence-corrected chi connectivity index (χ0v) is 21.0. The molecule has 0 spiro atoms. The van der Waals surface area contributed by atoms with Crippen LogP contribution in [0, 0.1) is 13.8 Å². The summed E-state index contributed by atoms with van der Waals surface area (Å²) < 4.78 is 7.21. The molecular formula is C23H36IN5O. The van der Waals surface area contributed by atoms with Crippen molar-refractivity contribution in [1.82, 2.24) is 20.4 Å². The molecule has 6 nitrogen and oxygen atoms in total. The number of nitrogens with zero attached hydrogens (tertiary/aromatic N) is 3. The second-order valence-electron chi connectivity index (χ2n) is 8.00. The number of aryl methyl sites for hydroxylation is 1. The SMILES string of the molecule is CN=C(NCc1c(C)nn(CCOC)c1C)NCC1(c2ccccc2)CCCC1.I. The van der Waals surface area contributed by atoms with Crippen molar-refractivity contribution >= 4 is 29.9 Å². The zero-order valence-electron chi connectivity index (χ0n) is 18.7. The number of hydrogen-bond donors (Lipinski definition) is 2. The second-order valence-corrected chi connectivity index (χ2v) is 8.00. The van der Waals surface area contributed by atoms with E-state index in [1.54, 1.807) is 7.11 Å². The topological polar surface area (TPSA) is 63.5 Å². The molecule has 1 heterocycles. The minimum absolute atomic E-state index is 0. The number of rotatable bonds is 8. The summed E-state index contributed by atoms with van der Waals surface area (Å²) in [5, 5.41) is 11.7. The van der Waals surface area contributed by atoms with Crippen LogP contribution >= 0.6 is 24.0 Å². The second kappa shape index (κ2) is 11.7. The van der Waals surface area contributed by atoms with E-state index in [1.165, 1.54) is 42.5 Å². The lowest BCUT2D eigenvalue weighted by atomic mass is 9.79. The van der Waals surface area contributed by atoms with Crippen LogP contribution in [-0.2, 0) is 23.2 Å². The van der Waals surface area contributed by atoms with Crippen molar-refractivity contribution in [2.45, 2.75) is 58.0 Å². The summed E-state index contributed by atoms with van der Waals surface area (Å²) in [6.07, 6.45) is 5.04. The Morgan fingerprint density at radius 2 is 1.87 bits per heavy atom. The van der Waals surface area contributed by atoms with Crippen LogP contribution in [0.3, 0.4) is 0 Å². The number of guanidine groups is 1. The molecule has 2 N–H and O–H groups in total. The third-order valence-electron chi connectivity index (χ3n) is 6.24. The van der Waals surface area contributed by atoms with Crippen LogP contribution in [0.1, 0.15) is 48.2 Å². The highest BCUT2D eigenvalue weighted by Gasteiger charge is 2.35. The predicted octanol–water partition coefficient (Wildman–Crippen LogP) is 3.94. The van der Waals surface area contributed by atoms with Gasteiger partial charge in [0.1, 0.15) is 0 Å². The first-order valence-electron chi connectivity index (χ1n) is 10.6. The third-order valence-corrected chi connectivity index (χ3v) is 6.24. The normalized spacial score (nSPS) is 15.7. The van der Waals surface area contributed by atoms with Crippen molar-refractivity contribution in [3.05, 3.63) is 52.8 Å². The molecule has 0 atom stereocenters. The van der Waals surface area contributed by atoms with Gasteiger partial charge in [-0.25, -0.2) is 0 Å². The minimum Gasteiger partial charge on any atom is -0.383 e. The summed E-state index contributed by atoms with van der Waals surface area (Å²) >= 11 is 0. The van der Waals surface area contributed by atoms with Gasteiger partial charge < -0.3 is 15.4 Å². The molecule has 0 saturated heterocycles. The smallest absolute Gasteiger partial charge is 0.191 e. The van der Waals surface area contributed by atoms with E-state index in [4.69, 9.17) is 4.74 Å². The van der Waals surface area contributed by atoms with Crippen LogP contribution < -0.4 is 10.6 Å². The quantitative estimate of drug-likeness (QED) is 0.312. The van der Waals surface area contributed by atoms with Crippen molar-refractivity contribution in [3.63, 3.8) is 0 Å². The molecule has 1 fully saturated rings. The standard InChI is InChI=1S/C23H35N5O.HI/c1-18-21(19(2)28(27-18)14-15-29-4)16-25-22(24-3)26-17-23(12-8-9-13-23)20-10-6-5-7-11-20;/h5-7,10-11H,8-9,12-17H2,1-4H3,(H2,24,25,26);1H. The average molecular weight is 525 g/mol. The summed E-state index contributed by atoms with van der Waals surface area (Å²) in [6, 6.07) is 10.9. The first-order valence-corrected chi connectivity index (χ1v) is 10.6. The van der Waals surface area contributed by atoms with E-state index in [1.807, 2.05) is 11.7 Å². The van der Waals surface area contributed by atoms with Gasteiger partial charge in [0.2, 0.25) is 0 Å². The number of benzene rings is 1. The number of methoxy groups -OCH3 is 1. The molecule has 1 aliphatic carbocycles. The van der Waals surface area contributed by atoms with Crippen molar-refractivity contribution < 1.29 is 4.74 Å². The minimum atomic E-state index is 0. The molecule has 1 saturated carbocycles. The van der Waals surface area contributed by atoms with E-state index in [9.17, 15) is 0 Å². The number of nitrogens with one attached hydrogen (secondary N) is 2. The number of aromatic nitrogens is 2. The van der Waals surface area contributed by atoms with Crippen LogP contribution in [0.4, 0.5) is 0 Å². The Bertz CT molecular complexity index is 813. The number of halogens is 1. The number of hydrogen-bond acceptors (Lipinski definition) is 3. The monoisotopic (exact) mass is 525 g/mol. The highest BCUT2D eigenvalue weighted by atomic mass is 127. The fourth-order valence-electron chi connectivity index (χ4n) is 4.44. The summed E-state index contributed by atoms with van der Waals surface area (Å²) in [7, 11) is 3.55. The first kappa shape index (κ1) is 24.7. The zero-order chi connectivity index (χ0) is 20.7. The Morgan fingerprint density at radius 3 is 2.50 bits per heavy atom. The van der Waals surface area contributed by atoms with Crippen molar-refractivity contribution in [3.8, 4) is 0 Å². The lowest BCUT2D eigenvalue weighted by Crippen LogP contribution is -2.44. The summed E-state index contributed by atoms with van der Waals surface area (Å²) in [5.41, 5.74) is 5.10. The van der Waals surface area contributed by atoms with Crippen molar-refractivity contribution in [1.29, 1.82) is 0 Å². The van der Waals surface area contributed by atoms with Gasteiger partial charge in [-0.15, -0.1) is 24.0 Å². The van der Waals surface area contributed by atoms with Crippen molar-refractivity contribution in [2.75, 3.05) is 27.3 Å². The molecule has 7 heteroatoms. The van der Waals surface area contributed by atoms with Gasteiger partial charge in [0.05, 0.1) is 18.8 Å². The van der Waals surface area contributed by atoms with Crippen LogP contribution in [-0.4, -0.2) is 43.0 Å². The van der Waals surface area contributed by atoms with E-state index in [2.05, 4.69) is 64.9 Å². The Kier molecular flexibility index (Phi) is 9.61. The molecule has 3 rings (SSSR count). The Morgan fingerprint density at radius 1 is 1.17 bits per heavy atom. The van der Waals surface area contributed by atoms with Crippen LogP contribution in [0.15, 0.2) is 35.3 Å². The fraction of sp³-hybridized carbons (Fsp3) is 0.565. The van der Waals surface area contributed by atoms with Gasteiger partial charge in [0, 0.05) is 43.9 Å². The molecule has 1 aliphatic rings. The van der Waals surface area contributed by atoms with Gasteiger partial charge in [-0.2, -0.15) is 5.10 Å². The van der Waals surface area contributed by atoms with E-state index >= 15 is 0 Å². The lowest BCUT2D eigenvalue weighted by Gasteiger charge is -2.30. The molecule has 0 aliphatic heterocycles. The number of aliphatic imine (C=N–C) groups is 1. The fourth-order valence-corrected chi connectivity index (χ4v) is 4.44. The largest absolute Gasteiger partial charge is 0.383 e. The summed E-state index contributed by atoms with van der Waals surface area (Å²) in [6.45, 7) is 7.23. The molecule has 0 amide bonds. The molecule has 2 aromatic rings. The Hall–Kier alpha value is -1.61. The summed E-state index contributed by atoms with van der Waals surface area (Å²) in [4.78, 5) is 4.45. The van der Waals surface area contributed by atoms with E-state index < -0.39 is 0 Å². The Balaban J connectivity index is 0.00000320. The van der Waals surface area contributed by atoms with Crippen LogP contribution in [0.2, 0.25) is 0 Å². The molecule has 0 radical (unpaired) electrons. The number of ether oxygens (including phenoxy) is 1. The first-order chi connectivity index (χ1) is 14.1. The molecular weight excluding hydrogens is 489 g/mol. The Labute approximate surface area is 197 Å². The maximum Gasteiger partial charge on any atom is 0.191 e. The molecule has 1 aromatic carbocycles. The maximum atomic E-state index is 5.19. The molecule has 1 aromatic heterocycles. The van der Waals surface area contributed by atoms with E-state index in [-0.39, 0.29) is 29.4 Å². The van der Waals surface area contributed by atoms with Crippen molar-refractivity contribution in [2.24, 2.45) is 4.99 Å². The summed E-state index contributed by atoms with van der Waals surface area (Å²) in [5.74, 6) is 0.843. The predicted molar refractivity (Wildman–Crippen MR) is 134 cm³/mol. The van der Waals surface area contributed by atoms with Gasteiger partial charge in [-0.1, -0.05) is 43.2 Å². The van der Waals surface area contributed by atoms with Gasteiger partial charge >= 0.3 is 0 Å². The maximum absolute atomic E-state index is 5.19. The van der Waals surface area contributed by atoms with Crippen LogP contribution in [0.5, 0.6) is 0 Å². The lowest BCUT2D eigenvalue weighted by molar-refractivity contribution is 0.182.